The molecule has 1 saturated carbocycles. The van der Waals surface area contributed by atoms with Crippen molar-refractivity contribution in [2.24, 2.45) is 0 Å². The standard InChI is InChI=1S/C23H29N3O3S/c1-17-7-11-21(12-8-17)30(28,29)26-15-13-20(14-16-26)24-22(18-5-3-2-4-6-18)23(27)25-19-9-10-19/h2-8,11-12,19-20,22,24H,9-10,13-16H2,1H3,(H,25,27)/t22-/m1/s1. The molecule has 1 aliphatic carbocycles. The number of rotatable bonds is 7. The zero-order valence-electron chi connectivity index (χ0n) is 17.3. The number of hydrogen-bond donors (Lipinski definition) is 2. The third kappa shape index (κ3) is 4.91. The average molecular weight is 428 g/mol. The molecular formula is C23H29N3O3S. The number of hydrogen-bond acceptors (Lipinski definition) is 4. The Morgan fingerprint density at radius 3 is 2.17 bits per heavy atom. The van der Waals surface area contributed by atoms with Crippen LogP contribution in [0.2, 0.25) is 0 Å². The Labute approximate surface area is 178 Å². The van der Waals surface area contributed by atoms with Crippen LogP contribution in [0, 0.1) is 6.92 Å². The number of nitrogens with zero attached hydrogens (tertiary/aromatic N) is 1. The van der Waals surface area contributed by atoms with Crippen LogP contribution in [0.1, 0.15) is 42.9 Å². The van der Waals surface area contributed by atoms with E-state index in [-0.39, 0.29) is 11.9 Å². The summed E-state index contributed by atoms with van der Waals surface area (Å²) in [4.78, 5) is 13.2. The number of carbonyl (C=O) groups excluding carboxylic acids is 1. The van der Waals surface area contributed by atoms with Crippen molar-refractivity contribution in [3.8, 4) is 0 Å². The van der Waals surface area contributed by atoms with E-state index in [1.807, 2.05) is 49.4 Å². The topological polar surface area (TPSA) is 78.5 Å². The van der Waals surface area contributed by atoms with Gasteiger partial charge in [-0.25, -0.2) is 8.42 Å². The summed E-state index contributed by atoms with van der Waals surface area (Å²) in [6, 6.07) is 16.7. The van der Waals surface area contributed by atoms with E-state index in [1.54, 1.807) is 16.4 Å². The van der Waals surface area contributed by atoms with Crippen molar-refractivity contribution in [2.75, 3.05) is 13.1 Å². The van der Waals surface area contributed by atoms with Crippen molar-refractivity contribution in [2.45, 2.75) is 55.6 Å². The highest BCUT2D eigenvalue weighted by atomic mass is 32.2. The molecule has 1 atom stereocenters. The van der Waals surface area contributed by atoms with Crippen LogP contribution in [0.5, 0.6) is 0 Å². The average Bonchev–Trinajstić information content (AvgIpc) is 3.57. The molecule has 1 saturated heterocycles. The van der Waals surface area contributed by atoms with Crippen molar-refractivity contribution < 1.29 is 13.2 Å². The molecule has 1 aliphatic heterocycles. The van der Waals surface area contributed by atoms with Gasteiger partial charge in [-0.15, -0.1) is 0 Å². The highest BCUT2D eigenvalue weighted by molar-refractivity contribution is 7.89. The molecule has 0 bridgehead atoms. The van der Waals surface area contributed by atoms with Crippen molar-refractivity contribution in [3.63, 3.8) is 0 Å². The largest absolute Gasteiger partial charge is 0.352 e. The van der Waals surface area contributed by atoms with E-state index in [4.69, 9.17) is 0 Å². The monoisotopic (exact) mass is 427 g/mol. The van der Waals surface area contributed by atoms with Crippen LogP contribution in [0.3, 0.4) is 0 Å². The molecule has 4 rings (SSSR count). The number of benzene rings is 2. The van der Waals surface area contributed by atoms with Gasteiger partial charge in [0, 0.05) is 25.2 Å². The van der Waals surface area contributed by atoms with Crippen LogP contribution in [0.15, 0.2) is 59.5 Å². The first-order chi connectivity index (χ1) is 14.4. The van der Waals surface area contributed by atoms with Gasteiger partial charge in [0.15, 0.2) is 0 Å². The van der Waals surface area contributed by atoms with E-state index in [1.165, 1.54) is 0 Å². The molecule has 2 fully saturated rings. The summed E-state index contributed by atoms with van der Waals surface area (Å²) in [5.74, 6) is -0.00148. The van der Waals surface area contributed by atoms with Gasteiger partial charge in [-0.2, -0.15) is 4.31 Å². The maximum Gasteiger partial charge on any atom is 0.243 e. The second-order valence-electron chi connectivity index (χ2n) is 8.28. The van der Waals surface area contributed by atoms with E-state index in [2.05, 4.69) is 10.6 Å². The summed E-state index contributed by atoms with van der Waals surface area (Å²) in [5.41, 5.74) is 1.97. The fourth-order valence-electron chi connectivity index (χ4n) is 3.84. The van der Waals surface area contributed by atoms with Gasteiger partial charge in [-0.05, 0) is 50.3 Å². The zero-order valence-corrected chi connectivity index (χ0v) is 18.1. The summed E-state index contributed by atoms with van der Waals surface area (Å²) in [5, 5.41) is 6.58. The third-order valence-electron chi connectivity index (χ3n) is 5.83. The summed E-state index contributed by atoms with van der Waals surface area (Å²) < 4.78 is 27.4. The zero-order chi connectivity index (χ0) is 21.1. The van der Waals surface area contributed by atoms with Crippen molar-refractivity contribution >= 4 is 15.9 Å². The third-order valence-corrected chi connectivity index (χ3v) is 7.75. The lowest BCUT2D eigenvalue weighted by Gasteiger charge is -2.33. The molecule has 1 amide bonds. The molecule has 30 heavy (non-hydrogen) atoms. The van der Waals surface area contributed by atoms with Crippen molar-refractivity contribution in [1.82, 2.24) is 14.9 Å². The molecule has 2 aliphatic rings. The lowest BCUT2D eigenvalue weighted by atomic mass is 10.0. The minimum Gasteiger partial charge on any atom is -0.352 e. The van der Waals surface area contributed by atoms with Crippen LogP contribution in [-0.2, 0) is 14.8 Å². The summed E-state index contributed by atoms with van der Waals surface area (Å²) in [7, 11) is -3.48. The Hall–Kier alpha value is -2.22. The van der Waals surface area contributed by atoms with Crippen molar-refractivity contribution in [3.05, 3.63) is 65.7 Å². The van der Waals surface area contributed by atoms with Gasteiger partial charge >= 0.3 is 0 Å². The van der Waals surface area contributed by atoms with Crippen LogP contribution in [0.25, 0.3) is 0 Å². The molecule has 0 radical (unpaired) electrons. The molecule has 160 valence electrons. The predicted octanol–water partition coefficient (Wildman–Crippen LogP) is 2.76. The van der Waals surface area contributed by atoms with Gasteiger partial charge in [0.1, 0.15) is 6.04 Å². The molecule has 1 heterocycles. The number of sulfonamides is 1. The number of piperidine rings is 1. The van der Waals surface area contributed by atoms with E-state index in [9.17, 15) is 13.2 Å². The lowest BCUT2D eigenvalue weighted by Crippen LogP contribution is -2.48. The number of carbonyl (C=O) groups is 1. The van der Waals surface area contributed by atoms with Gasteiger partial charge < -0.3 is 5.32 Å². The molecule has 2 aromatic carbocycles. The first-order valence-corrected chi connectivity index (χ1v) is 12.1. The maximum absolute atomic E-state index is 12.9. The van der Waals surface area contributed by atoms with Crippen LogP contribution < -0.4 is 10.6 Å². The first kappa shape index (κ1) is 21.0. The fraction of sp³-hybridized carbons (Fsp3) is 0.435. The van der Waals surface area contributed by atoms with Gasteiger partial charge in [-0.1, -0.05) is 48.0 Å². The molecule has 7 heteroatoms. The van der Waals surface area contributed by atoms with Gasteiger partial charge in [0.25, 0.3) is 0 Å². The highest BCUT2D eigenvalue weighted by Gasteiger charge is 2.33. The minimum atomic E-state index is -3.48. The summed E-state index contributed by atoms with van der Waals surface area (Å²) in [6.45, 7) is 2.83. The number of nitrogens with one attached hydrogen (secondary N) is 2. The molecule has 0 unspecified atom stereocenters. The molecule has 0 aromatic heterocycles. The number of aryl methyl sites for hydroxylation is 1. The molecular weight excluding hydrogens is 398 g/mol. The van der Waals surface area contributed by atoms with Gasteiger partial charge in [-0.3, -0.25) is 10.1 Å². The Morgan fingerprint density at radius 2 is 1.57 bits per heavy atom. The first-order valence-electron chi connectivity index (χ1n) is 10.6. The normalized spacial score (nSPS) is 19.4. The Morgan fingerprint density at radius 1 is 0.933 bits per heavy atom. The smallest absolute Gasteiger partial charge is 0.243 e. The van der Waals surface area contributed by atoms with Gasteiger partial charge in [0.2, 0.25) is 15.9 Å². The molecule has 2 aromatic rings. The van der Waals surface area contributed by atoms with Gasteiger partial charge in [0.05, 0.1) is 4.90 Å². The van der Waals surface area contributed by atoms with Crippen LogP contribution >= 0.6 is 0 Å². The van der Waals surface area contributed by atoms with E-state index in [0.29, 0.717) is 36.9 Å². The van der Waals surface area contributed by atoms with Crippen molar-refractivity contribution in [1.29, 1.82) is 0 Å². The Bertz CT molecular complexity index is 965. The summed E-state index contributed by atoms with van der Waals surface area (Å²) in [6.07, 6.45) is 3.43. The highest BCUT2D eigenvalue weighted by Crippen LogP contribution is 2.25. The second kappa shape index (κ2) is 8.88. The SMILES string of the molecule is Cc1ccc(S(=O)(=O)N2CCC(N[C@@H](C(=O)NC3CC3)c3ccccc3)CC2)cc1. The van der Waals surface area contributed by atoms with E-state index >= 15 is 0 Å². The Balaban J connectivity index is 1.40. The predicted molar refractivity (Wildman–Crippen MR) is 116 cm³/mol. The van der Waals surface area contributed by atoms with E-state index in [0.717, 1.165) is 24.0 Å². The molecule has 6 nitrogen and oxygen atoms in total. The maximum atomic E-state index is 12.9. The summed E-state index contributed by atoms with van der Waals surface area (Å²) >= 11 is 0. The molecule has 0 spiro atoms. The minimum absolute atomic E-state index is 0.00148. The molecule has 2 N–H and O–H groups in total. The fourth-order valence-corrected chi connectivity index (χ4v) is 5.31. The van der Waals surface area contributed by atoms with E-state index < -0.39 is 16.1 Å². The Kier molecular flexibility index (Phi) is 6.22. The number of amides is 1. The van der Waals surface area contributed by atoms with Crippen LogP contribution in [0.4, 0.5) is 0 Å². The second-order valence-corrected chi connectivity index (χ2v) is 10.2. The van der Waals surface area contributed by atoms with Crippen LogP contribution in [-0.4, -0.2) is 43.8 Å². The lowest BCUT2D eigenvalue weighted by molar-refractivity contribution is -0.123. The quantitative estimate of drug-likeness (QED) is 0.712.